The number of ether oxygens (including phenoxy) is 2. The number of rotatable bonds is 9. The predicted molar refractivity (Wildman–Crippen MR) is 140 cm³/mol. The maximum atomic E-state index is 13.9. The van der Waals surface area contributed by atoms with Crippen molar-refractivity contribution in [3.8, 4) is 34.2 Å². The van der Waals surface area contributed by atoms with Gasteiger partial charge in [-0.05, 0) is 42.7 Å². The fraction of sp³-hybridized carbons (Fsp3) is 0.276. The molecular formula is C29H31N3O4. The van der Waals surface area contributed by atoms with Gasteiger partial charge in [0, 0.05) is 30.3 Å². The van der Waals surface area contributed by atoms with Gasteiger partial charge in [-0.25, -0.2) is 0 Å². The number of hydrogen-bond donors (Lipinski definition) is 1. The topological polar surface area (TPSA) is 86.5 Å². The monoisotopic (exact) mass is 485 g/mol. The molecule has 0 spiro atoms. The average molecular weight is 486 g/mol. The van der Waals surface area contributed by atoms with Crippen LogP contribution in [0.1, 0.15) is 42.4 Å². The van der Waals surface area contributed by atoms with Crippen LogP contribution in [-0.4, -0.2) is 33.9 Å². The van der Waals surface area contributed by atoms with E-state index >= 15 is 0 Å². The second-order valence-corrected chi connectivity index (χ2v) is 8.65. The highest BCUT2D eigenvalue weighted by atomic mass is 16.5. The van der Waals surface area contributed by atoms with E-state index in [0.717, 1.165) is 35.2 Å². The molecular weight excluding hydrogens is 454 g/mol. The first-order valence-electron chi connectivity index (χ1n) is 12.0. The van der Waals surface area contributed by atoms with Gasteiger partial charge in [0.15, 0.2) is 0 Å². The molecule has 4 aromatic rings. The van der Waals surface area contributed by atoms with Gasteiger partial charge >= 0.3 is 0 Å². The van der Waals surface area contributed by atoms with Gasteiger partial charge in [-0.2, -0.15) is 4.98 Å². The number of pyridine rings is 1. The average Bonchev–Trinajstić information content (AvgIpc) is 2.90. The van der Waals surface area contributed by atoms with Gasteiger partial charge in [0.2, 0.25) is 5.88 Å². The zero-order chi connectivity index (χ0) is 25.7. The Morgan fingerprint density at radius 3 is 2.19 bits per heavy atom. The summed E-state index contributed by atoms with van der Waals surface area (Å²) >= 11 is 0. The smallest absolute Gasteiger partial charge is 0.265 e. The predicted octanol–water partition coefficient (Wildman–Crippen LogP) is 5.26. The summed E-state index contributed by atoms with van der Waals surface area (Å²) in [5.41, 5.74) is 4.24. The molecule has 0 saturated carbocycles. The molecule has 0 atom stereocenters. The molecule has 0 bridgehead atoms. The van der Waals surface area contributed by atoms with Crippen LogP contribution in [0.15, 0.2) is 65.6 Å². The van der Waals surface area contributed by atoms with Crippen molar-refractivity contribution in [2.24, 2.45) is 0 Å². The Morgan fingerprint density at radius 2 is 1.61 bits per heavy atom. The minimum atomic E-state index is -0.344. The molecule has 2 aromatic heterocycles. The van der Waals surface area contributed by atoms with Crippen molar-refractivity contribution in [1.82, 2.24) is 14.5 Å². The highest BCUT2D eigenvalue weighted by molar-refractivity contribution is 5.63. The van der Waals surface area contributed by atoms with E-state index in [9.17, 15) is 9.90 Å². The van der Waals surface area contributed by atoms with Gasteiger partial charge in [0.25, 0.3) is 5.56 Å². The van der Waals surface area contributed by atoms with E-state index in [2.05, 4.69) is 16.9 Å². The first-order valence-corrected chi connectivity index (χ1v) is 12.0. The summed E-state index contributed by atoms with van der Waals surface area (Å²) in [4.78, 5) is 22.7. The van der Waals surface area contributed by atoms with Crippen molar-refractivity contribution in [3.05, 3.63) is 93.8 Å². The van der Waals surface area contributed by atoms with Gasteiger partial charge in [-0.1, -0.05) is 49.7 Å². The molecule has 186 valence electrons. The maximum Gasteiger partial charge on any atom is 0.265 e. The molecule has 36 heavy (non-hydrogen) atoms. The number of aromatic nitrogens is 3. The van der Waals surface area contributed by atoms with Gasteiger partial charge in [0.1, 0.15) is 23.0 Å². The molecule has 0 radical (unpaired) electrons. The molecule has 0 aliphatic rings. The van der Waals surface area contributed by atoms with E-state index in [-0.39, 0.29) is 23.4 Å². The molecule has 1 N–H and O–H groups in total. The van der Waals surface area contributed by atoms with E-state index < -0.39 is 0 Å². The second kappa shape index (κ2) is 11.1. The van der Waals surface area contributed by atoms with Crippen molar-refractivity contribution in [1.29, 1.82) is 0 Å². The van der Waals surface area contributed by atoms with Gasteiger partial charge in [0.05, 0.1) is 19.8 Å². The Hall–Kier alpha value is -4.13. The summed E-state index contributed by atoms with van der Waals surface area (Å²) in [6.45, 7) is 4.02. The number of nitrogens with zero attached hydrogens (tertiary/aromatic N) is 3. The molecule has 2 aromatic carbocycles. The quantitative estimate of drug-likeness (QED) is 0.348. The van der Waals surface area contributed by atoms with Crippen LogP contribution in [-0.2, 0) is 12.8 Å². The van der Waals surface area contributed by atoms with Crippen LogP contribution in [0.25, 0.3) is 16.8 Å². The van der Waals surface area contributed by atoms with E-state index in [1.165, 1.54) is 4.57 Å². The number of para-hydroxylation sites is 1. The third-order valence-corrected chi connectivity index (χ3v) is 6.18. The van der Waals surface area contributed by atoms with Crippen LogP contribution in [0.4, 0.5) is 0 Å². The summed E-state index contributed by atoms with van der Waals surface area (Å²) in [6.07, 6.45) is 4.34. The van der Waals surface area contributed by atoms with Gasteiger partial charge in [-0.3, -0.25) is 14.3 Å². The lowest BCUT2D eigenvalue weighted by Crippen LogP contribution is -2.28. The number of hydrogen-bond acceptors (Lipinski definition) is 6. The van der Waals surface area contributed by atoms with Crippen molar-refractivity contribution in [3.63, 3.8) is 0 Å². The molecule has 0 aliphatic carbocycles. The normalized spacial score (nSPS) is 10.9. The van der Waals surface area contributed by atoms with Crippen LogP contribution in [0.2, 0.25) is 0 Å². The van der Waals surface area contributed by atoms with E-state index in [1.54, 1.807) is 32.4 Å². The molecule has 0 fully saturated rings. The Bertz CT molecular complexity index is 1370. The molecule has 7 nitrogen and oxygen atoms in total. The van der Waals surface area contributed by atoms with Crippen LogP contribution < -0.4 is 15.0 Å². The number of aromatic hydroxyl groups is 1. The summed E-state index contributed by atoms with van der Waals surface area (Å²) in [7, 11) is 3.10. The fourth-order valence-corrected chi connectivity index (χ4v) is 4.19. The van der Waals surface area contributed by atoms with Crippen molar-refractivity contribution in [2.75, 3.05) is 14.2 Å². The van der Waals surface area contributed by atoms with E-state index in [4.69, 9.17) is 9.47 Å². The third-order valence-electron chi connectivity index (χ3n) is 6.18. The van der Waals surface area contributed by atoms with Gasteiger partial charge < -0.3 is 14.6 Å². The summed E-state index contributed by atoms with van der Waals surface area (Å²) < 4.78 is 12.7. The molecule has 0 amide bonds. The molecule has 2 heterocycles. The summed E-state index contributed by atoms with van der Waals surface area (Å²) in [6, 6.07) is 17.2. The van der Waals surface area contributed by atoms with Crippen LogP contribution in [0, 0.1) is 6.92 Å². The largest absolute Gasteiger partial charge is 0.494 e. The van der Waals surface area contributed by atoms with Crippen molar-refractivity contribution in [2.45, 2.75) is 39.5 Å². The SMILES string of the molecule is CCCCc1nc(O)c(Cc2ccc(-c3ccc(C)nc3)cc2)c(=O)n1-c1c(OC)cccc1OC. The Morgan fingerprint density at radius 1 is 0.944 bits per heavy atom. The van der Waals surface area contributed by atoms with E-state index in [1.807, 2.05) is 49.5 Å². The van der Waals surface area contributed by atoms with Crippen LogP contribution in [0.3, 0.4) is 0 Å². The van der Waals surface area contributed by atoms with Crippen molar-refractivity contribution >= 4 is 0 Å². The minimum Gasteiger partial charge on any atom is -0.494 e. The number of unbranched alkanes of at least 4 members (excludes halogenated alkanes) is 1. The number of methoxy groups -OCH3 is 2. The fourth-order valence-electron chi connectivity index (χ4n) is 4.19. The Labute approximate surface area is 211 Å². The van der Waals surface area contributed by atoms with E-state index in [0.29, 0.717) is 29.4 Å². The lowest BCUT2D eigenvalue weighted by molar-refractivity contribution is 0.387. The molecule has 7 heteroatoms. The minimum absolute atomic E-state index is 0.216. The zero-order valence-corrected chi connectivity index (χ0v) is 21.1. The standard InChI is InChI=1S/C29H31N3O4/c1-5-6-10-26-31-28(33)23(29(34)32(26)27-24(35-3)8-7-9-25(27)36-4)17-20-12-15-21(16-13-20)22-14-11-19(2)30-18-22/h7-9,11-16,18,33H,5-6,10,17H2,1-4H3. The van der Waals surface area contributed by atoms with Crippen LogP contribution in [0.5, 0.6) is 17.4 Å². The first-order chi connectivity index (χ1) is 17.5. The highest BCUT2D eigenvalue weighted by Gasteiger charge is 2.22. The molecule has 4 rings (SSSR count). The first kappa shape index (κ1) is 25.0. The Balaban J connectivity index is 1.79. The number of benzene rings is 2. The van der Waals surface area contributed by atoms with Crippen molar-refractivity contribution < 1.29 is 14.6 Å². The highest BCUT2D eigenvalue weighted by Crippen LogP contribution is 2.33. The van der Waals surface area contributed by atoms with Crippen LogP contribution >= 0.6 is 0 Å². The lowest BCUT2D eigenvalue weighted by Gasteiger charge is -2.19. The molecule has 0 unspecified atom stereocenters. The molecule has 0 saturated heterocycles. The summed E-state index contributed by atoms with van der Waals surface area (Å²) in [5, 5.41) is 10.8. The summed E-state index contributed by atoms with van der Waals surface area (Å²) in [5.74, 6) is 1.20. The zero-order valence-electron chi connectivity index (χ0n) is 21.1. The Kier molecular flexibility index (Phi) is 7.68. The lowest BCUT2D eigenvalue weighted by atomic mass is 10.0. The molecule has 0 aliphatic heterocycles. The maximum absolute atomic E-state index is 13.9. The number of aryl methyl sites for hydroxylation is 2. The van der Waals surface area contributed by atoms with Gasteiger partial charge in [-0.15, -0.1) is 0 Å². The second-order valence-electron chi connectivity index (χ2n) is 8.65. The third kappa shape index (κ3) is 5.10.